The Morgan fingerprint density at radius 1 is 0.571 bits per heavy atom. The summed E-state index contributed by atoms with van der Waals surface area (Å²) >= 11 is 0. The van der Waals surface area contributed by atoms with Crippen molar-refractivity contribution in [2.75, 3.05) is 0 Å². The van der Waals surface area contributed by atoms with E-state index in [-0.39, 0.29) is 0 Å². The molecule has 1 aromatic heterocycles. The van der Waals surface area contributed by atoms with Gasteiger partial charge in [-0.05, 0) is 25.3 Å². The fourth-order valence-electron chi connectivity index (χ4n) is 4.11. The van der Waals surface area contributed by atoms with Crippen molar-refractivity contribution in [2.45, 2.75) is 142 Å². The van der Waals surface area contributed by atoms with Gasteiger partial charge in [0, 0.05) is 18.1 Å². The Kier molecular flexibility index (Phi) is 17.5. The zero-order valence-corrected chi connectivity index (χ0v) is 19.4. The van der Waals surface area contributed by atoms with Gasteiger partial charge < -0.3 is 0 Å². The molecular weight excluding hydrogens is 338 g/mol. The number of pyridine rings is 1. The summed E-state index contributed by atoms with van der Waals surface area (Å²) in [6, 6.07) is 4.55. The topological polar surface area (TPSA) is 3.88 Å². The van der Waals surface area contributed by atoms with Crippen molar-refractivity contribution in [3.05, 3.63) is 30.1 Å². The number of unbranched alkanes of at least 4 members (excludes halogenated alkanes) is 16. The molecule has 28 heavy (non-hydrogen) atoms. The third-order valence-electron chi connectivity index (χ3n) is 6.01. The lowest BCUT2D eigenvalue weighted by Crippen LogP contribution is -2.33. The van der Waals surface area contributed by atoms with Crippen molar-refractivity contribution in [2.24, 2.45) is 0 Å². The zero-order chi connectivity index (χ0) is 20.1. The maximum absolute atomic E-state index is 2.41. The summed E-state index contributed by atoms with van der Waals surface area (Å²) in [6.07, 6.45) is 31.4. The predicted molar refractivity (Wildman–Crippen MR) is 125 cm³/mol. The van der Waals surface area contributed by atoms with Gasteiger partial charge in [0.15, 0.2) is 12.4 Å². The first-order chi connectivity index (χ1) is 13.9. The lowest BCUT2D eigenvalue weighted by atomic mass is 10.0. The average molecular weight is 389 g/mol. The normalized spacial score (nSPS) is 11.2. The van der Waals surface area contributed by atoms with Gasteiger partial charge >= 0.3 is 0 Å². The Balaban J connectivity index is 1.94. The SMILES string of the molecule is CCCCCCCCCCCCCCCc1ccc[n+](CCCCCCC)c1. The molecule has 0 aliphatic heterocycles. The van der Waals surface area contributed by atoms with E-state index in [1.54, 1.807) is 0 Å². The number of aryl methyl sites for hydroxylation is 2. The second-order valence-corrected chi connectivity index (χ2v) is 8.86. The van der Waals surface area contributed by atoms with Gasteiger partial charge in [-0.15, -0.1) is 0 Å². The fraction of sp³-hybridized carbons (Fsp3) is 0.815. The molecule has 0 unspecified atom stereocenters. The van der Waals surface area contributed by atoms with Crippen LogP contribution in [0.3, 0.4) is 0 Å². The van der Waals surface area contributed by atoms with Crippen molar-refractivity contribution in [1.29, 1.82) is 0 Å². The monoisotopic (exact) mass is 388 g/mol. The van der Waals surface area contributed by atoms with E-state index in [0.717, 1.165) is 0 Å². The second-order valence-electron chi connectivity index (χ2n) is 8.86. The van der Waals surface area contributed by atoms with Crippen LogP contribution in [-0.2, 0) is 13.0 Å². The number of hydrogen-bond acceptors (Lipinski definition) is 0. The van der Waals surface area contributed by atoms with Crippen LogP contribution in [0.5, 0.6) is 0 Å². The highest BCUT2D eigenvalue weighted by atomic mass is 14.9. The highest BCUT2D eigenvalue weighted by Crippen LogP contribution is 2.13. The zero-order valence-electron chi connectivity index (χ0n) is 19.4. The highest BCUT2D eigenvalue weighted by molar-refractivity contribution is 5.05. The van der Waals surface area contributed by atoms with Crippen LogP contribution < -0.4 is 4.57 Å². The first kappa shape index (κ1) is 25.2. The first-order valence-electron chi connectivity index (χ1n) is 12.8. The van der Waals surface area contributed by atoms with Gasteiger partial charge in [0.05, 0.1) is 0 Å². The van der Waals surface area contributed by atoms with Crippen LogP contribution >= 0.6 is 0 Å². The molecule has 0 N–H and O–H groups in total. The van der Waals surface area contributed by atoms with Crippen LogP contribution in [0.25, 0.3) is 0 Å². The van der Waals surface area contributed by atoms with Crippen LogP contribution in [0, 0.1) is 0 Å². The van der Waals surface area contributed by atoms with Gasteiger partial charge in [-0.1, -0.05) is 110 Å². The van der Waals surface area contributed by atoms with Crippen molar-refractivity contribution in [3.8, 4) is 0 Å². The van der Waals surface area contributed by atoms with E-state index in [1.165, 1.54) is 134 Å². The quantitative estimate of drug-likeness (QED) is 0.155. The molecule has 0 saturated heterocycles. The molecule has 0 radical (unpaired) electrons. The van der Waals surface area contributed by atoms with E-state index in [9.17, 15) is 0 Å². The molecule has 0 bridgehead atoms. The Morgan fingerprint density at radius 2 is 1.04 bits per heavy atom. The molecule has 1 nitrogen and oxygen atoms in total. The average Bonchev–Trinajstić information content (AvgIpc) is 2.71. The standard InChI is InChI=1S/C27H50N/c1-3-5-7-9-10-11-12-13-14-15-16-17-19-22-27-23-21-25-28(26-27)24-20-18-8-6-4-2/h21,23,25-26H,3-20,22,24H2,1-2H3/q+1. The summed E-state index contributed by atoms with van der Waals surface area (Å²) in [5.41, 5.74) is 1.53. The Bertz CT molecular complexity index is 440. The van der Waals surface area contributed by atoms with Gasteiger partial charge in [0.2, 0.25) is 0 Å². The molecule has 0 aromatic carbocycles. The number of rotatable bonds is 20. The molecule has 0 fully saturated rings. The second kappa shape index (κ2) is 19.5. The van der Waals surface area contributed by atoms with Crippen LogP contribution in [0.1, 0.15) is 135 Å². The van der Waals surface area contributed by atoms with Gasteiger partial charge in [0.1, 0.15) is 6.54 Å². The summed E-state index contributed by atoms with van der Waals surface area (Å²) in [5.74, 6) is 0. The lowest BCUT2D eigenvalue weighted by molar-refractivity contribution is -0.697. The Hall–Kier alpha value is -0.850. The minimum absolute atomic E-state index is 1.19. The molecule has 1 rings (SSSR count). The number of aromatic nitrogens is 1. The van der Waals surface area contributed by atoms with Crippen molar-refractivity contribution < 1.29 is 4.57 Å². The largest absolute Gasteiger partial charge is 0.205 e. The van der Waals surface area contributed by atoms with E-state index < -0.39 is 0 Å². The van der Waals surface area contributed by atoms with Gasteiger partial charge in [-0.2, -0.15) is 0 Å². The van der Waals surface area contributed by atoms with E-state index in [0.29, 0.717) is 0 Å². The Labute approximate surface area is 177 Å². The van der Waals surface area contributed by atoms with E-state index in [1.807, 2.05) is 0 Å². The van der Waals surface area contributed by atoms with E-state index >= 15 is 0 Å². The molecule has 162 valence electrons. The maximum atomic E-state index is 2.41. The molecule has 1 heteroatoms. The molecular formula is C27H50N+. The number of hydrogen-bond donors (Lipinski definition) is 0. The smallest absolute Gasteiger partial charge is 0.171 e. The van der Waals surface area contributed by atoms with Crippen LogP contribution in [0.2, 0.25) is 0 Å². The molecule has 1 aromatic rings. The molecule has 0 aliphatic rings. The number of nitrogens with zero attached hydrogens (tertiary/aromatic N) is 1. The Morgan fingerprint density at radius 3 is 1.57 bits per heavy atom. The lowest BCUT2D eigenvalue weighted by Gasteiger charge is -2.04. The third kappa shape index (κ3) is 15.1. The summed E-state index contributed by atoms with van der Waals surface area (Å²) in [4.78, 5) is 0. The minimum atomic E-state index is 1.19. The molecule has 0 aliphatic carbocycles. The third-order valence-corrected chi connectivity index (χ3v) is 6.01. The summed E-state index contributed by atoms with van der Waals surface area (Å²) in [6.45, 7) is 5.78. The fourth-order valence-corrected chi connectivity index (χ4v) is 4.11. The van der Waals surface area contributed by atoms with Crippen LogP contribution in [-0.4, -0.2) is 0 Å². The summed E-state index contributed by atoms with van der Waals surface area (Å²) < 4.78 is 2.41. The van der Waals surface area contributed by atoms with E-state index in [2.05, 4.69) is 42.9 Å². The molecule has 0 amide bonds. The summed E-state index contributed by atoms with van der Waals surface area (Å²) in [5, 5.41) is 0. The van der Waals surface area contributed by atoms with Gasteiger partial charge in [-0.25, -0.2) is 4.57 Å². The summed E-state index contributed by atoms with van der Waals surface area (Å²) in [7, 11) is 0. The van der Waals surface area contributed by atoms with E-state index in [4.69, 9.17) is 0 Å². The molecule has 0 spiro atoms. The first-order valence-corrected chi connectivity index (χ1v) is 12.8. The molecule has 1 heterocycles. The van der Waals surface area contributed by atoms with Crippen LogP contribution in [0.4, 0.5) is 0 Å². The van der Waals surface area contributed by atoms with Crippen molar-refractivity contribution in [3.63, 3.8) is 0 Å². The molecule has 0 saturated carbocycles. The van der Waals surface area contributed by atoms with Crippen molar-refractivity contribution in [1.82, 2.24) is 0 Å². The predicted octanol–water partition coefficient (Wildman–Crippen LogP) is 8.58. The van der Waals surface area contributed by atoms with Crippen LogP contribution in [0.15, 0.2) is 24.5 Å². The minimum Gasteiger partial charge on any atom is -0.205 e. The van der Waals surface area contributed by atoms with Gasteiger partial charge in [-0.3, -0.25) is 0 Å². The van der Waals surface area contributed by atoms with Crippen molar-refractivity contribution >= 4 is 0 Å². The van der Waals surface area contributed by atoms with Gasteiger partial charge in [0.25, 0.3) is 0 Å². The maximum Gasteiger partial charge on any atom is 0.171 e. The molecule has 0 atom stereocenters. The highest BCUT2D eigenvalue weighted by Gasteiger charge is 2.03.